The first-order valence-corrected chi connectivity index (χ1v) is 9.21. The molecule has 0 fully saturated rings. The van der Waals surface area contributed by atoms with Gasteiger partial charge in [-0.25, -0.2) is 4.98 Å². The van der Waals surface area contributed by atoms with Gasteiger partial charge in [-0.2, -0.15) is 0 Å². The van der Waals surface area contributed by atoms with Crippen LogP contribution in [0.15, 0.2) is 71.1 Å². The first-order valence-electron chi connectivity index (χ1n) is 8.13. The van der Waals surface area contributed by atoms with Gasteiger partial charge in [0.25, 0.3) is 5.91 Å². The highest BCUT2D eigenvalue weighted by Gasteiger charge is 2.10. The summed E-state index contributed by atoms with van der Waals surface area (Å²) in [6.45, 7) is 2.02. The summed E-state index contributed by atoms with van der Waals surface area (Å²) in [4.78, 5) is 16.8. The lowest BCUT2D eigenvalue weighted by molar-refractivity contribution is 0.102. The number of aromatic nitrogens is 1. The van der Waals surface area contributed by atoms with Crippen LogP contribution in [0.4, 0.5) is 5.69 Å². The zero-order chi connectivity index (χ0) is 18.1. The van der Waals surface area contributed by atoms with Gasteiger partial charge in [-0.15, -0.1) is 0 Å². The third-order valence-electron chi connectivity index (χ3n) is 4.02. The molecule has 0 aliphatic heterocycles. The number of carbonyl (C=O) groups excluding carboxylic acids is 1. The summed E-state index contributed by atoms with van der Waals surface area (Å²) < 4.78 is 6.86. The van der Waals surface area contributed by atoms with E-state index in [1.54, 1.807) is 6.07 Å². The largest absolute Gasteiger partial charge is 0.436 e. The molecule has 4 nitrogen and oxygen atoms in total. The Morgan fingerprint density at radius 2 is 1.85 bits per heavy atom. The molecular formula is C21H15IN2O2. The average Bonchev–Trinajstić information content (AvgIpc) is 3.05. The Morgan fingerprint density at radius 3 is 2.62 bits per heavy atom. The fourth-order valence-corrected chi connectivity index (χ4v) is 3.23. The molecule has 0 saturated carbocycles. The van der Waals surface area contributed by atoms with E-state index in [-0.39, 0.29) is 5.91 Å². The van der Waals surface area contributed by atoms with Gasteiger partial charge in [0.2, 0.25) is 5.89 Å². The molecule has 0 bridgehead atoms. The predicted molar refractivity (Wildman–Crippen MR) is 111 cm³/mol. The molecule has 0 spiro atoms. The van der Waals surface area contributed by atoms with Gasteiger partial charge in [-0.1, -0.05) is 12.1 Å². The van der Waals surface area contributed by atoms with Gasteiger partial charge in [0.15, 0.2) is 5.58 Å². The number of nitrogens with one attached hydrogen (secondary N) is 1. The van der Waals surface area contributed by atoms with Crippen LogP contribution in [0.3, 0.4) is 0 Å². The second kappa shape index (κ2) is 6.92. The molecule has 0 aliphatic rings. The van der Waals surface area contributed by atoms with Gasteiger partial charge in [0, 0.05) is 20.4 Å². The monoisotopic (exact) mass is 454 g/mol. The third-order valence-corrected chi connectivity index (χ3v) is 4.69. The second-order valence-corrected chi connectivity index (χ2v) is 7.28. The van der Waals surface area contributed by atoms with Crippen molar-refractivity contribution in [1.29, 1.82) is 0 Å². The predicted octanol–water partition coefficient (Wildman–Crippen LogP) is 5.66. The average molecular weight is 454 g/mol. The van der Waals surface area contributed by atoms with Gasteiger partial charge in [-0.3, -0.25) is 4.79 Å². The number of benzene rings is 3. The molecule has 0 aliphatic carbocycles. The summed E-state index contributed by atoms with van der Waals surface area (Å²) in [5, 5.41) is 2.90. The third kappa shape index (κ3) is 3.48. The summed E-state index contributed by atoms with van der Waals surface area (Å²) in [6, 6.07) is 20.9. The standard InChI is InChI=1S/C21H15IN2O2/c1-13-5-10-18-19(11-13)26-21(24-18)14-6-8-17(9-7-14)23-20(25)15-3-2-4-16(22)12-15/h2-12H,1H3,(H,23,25). The minimum absolute atomic E-state index is 0.131. The highest BCUT2D eigenvalue weighted by molar-refractivity contribution is 14.1. The van der Waals surface area contributed by atoms with Gasteiger partial charge in [0.1, 0.15) is 5.52 Å². The fraction of sp³-hybridized carbons (Fsp3) is 0.0476. The molecular weight excluding hydrogens is 439 g/mol. The first kappa shape index (κ1) is 16.8. The lowest BCUT2D eigenvalue weighted by Gasteiger charge is -2.06. The normalized spacial score (nSPS) is 10.8. The smallest absolute Gasteiger partial charge is 0.255 e. The molecule has 1 amide bonds. The lowest BCUT2D eigenvalue weighted by Crippen LogP contribution is -2.11. The van der Waals surface area contributed by atoms with Crippen LogP contribution in [-0.4, -0.2) is 10.9 Å². The number of hydrogen-bond donors (Lipinski definition) is 1. The number of aryl methyl sites for hydroxylation is 1. The number of nitrogens with zero attached hydrogens (tertiary/aromatic N) is 1. The number of hydrogen-bond acceptors (Lipinski definition) is 3. The molecule has 1 N–H and O–H groups in total. The van der Waals surface area contributed by atoms with Crippen LogP contribution in [-0.2, 0) is 0 Å². The maximum atomic E-state index is 12.3. The van der Waals surface area contributed by atoms with Crippen molar-refractivity contribution < 1.29 is 9.21 Å². The summed E-state index contributed by atoms with van der Waals surface area (Å²) in [5.41, 5.74) is 4.97. The van der Waals surface area contributed by atoms with Crippen molar-refractivity contribution in [3.63, 3.8) is 0 Å². The molecule has 4 aromatic rings. The minimum atomic E-state index is -0.131. The van der Waals surface area contributed by atoms with Crippen LogP contribution in [0.2, 0.25) is 0 Å². The van der Waals surface area contributed by atoms with Crippen LogP contribution in [0.1, 0.15) is 15.9 Å². The van der Waals surface area contributed by atoms with E-state index in [0.29, 0.717) is 11.5 Å². The van der Waals surface area contributed by atoms with Crippen LogP contribution < -0.4 is 5.32 Å². The molecule has 1 heterocycles. The molecule has 5 heteroatoms. The van der Waals surface area contributed by atoms with Crippen LogP contribution in [0.5, 0.6) is 0 Å². The van der Waals surface area contributed by atoms with Crippen molar-refractivity contribution in [3.8, 4) is 11.5 Å². The highest BCUT2D eigenvalue weighted by Crippen LogP contribution is 2.26. The van der Waals surface area contributed by atoms with E-state index in [0.717, 1.165) is 31.5 Å². The quantitative estimate of drug-likeness (QED) is 0.407. The van der Waals surface area contributed by atoms with E-state index < -0.39 is 0 Å². The van der Waals surface area contributed by atoms with Crippen molar-refractivity contribution in [2.45, 2.75) is 6.92 Å². The van der Waals surface area contributed by atoms with Crippen LogP contribution >= 0.6 is 22.6 Å². The van der Waals surface area contributed by atoms with Crippen molar-refractivity contribution >= 4 is 45.3 Å². The Kier molecular flexibility index (Phi) is 4.46. The molecule has 0 radical (unpaired) electrons. The Bertz CT molecular complexity index is 1100. The fourth-order valence-electron chi connectivity index (χ4n) is 2.68. The lowest BCUT2D eigenvalue weighted by atomic mass is 10.2. The van der Waals surface area contributed by atoms with Crippen LogP contribution in [0.25, 0.3) is 22.6 Å². The molecule has 128 valence electrons. The van der Waals surface area contributed by atoms with E-state index in [2.05, 4.69) is 32.9 Å². The van der Waals surface area contributed by atoms with E-state index in [1.807, 2.05) is 67.6 Å². The van der Waals surface area contributed by atoms with Crippen molar-refractivity contribution in [1.82, 2.24) is 4.98 Å². The zero-order valence-electron chi connectivity index (χ0n) is 14.0. The Labute approximate surface area is 164 Å². The summed E-state index contributed by atoms with van der Waals surface area (Å²) in [6.07, 6.45) is 0. The number of carbonyl (C=O) groups is 1. The molecule has 4 rings (SSSR count). The maximum Gasteiger partial charge on any atom is 0.255 e. The van der Waals surface area contributed by atoms with Gasteiger partial charge >= 0.3 is 0 Å². The number of anilines is 1. The Balaban J connectivity index is 1.55. The molecule has 0 unspecified atom stereocenters. The molecule has 0 atom stereocenters. The van der Waals surface area contributed by atoms with E-state index in [1.165, 1.54) is 0 Å². The van der Waals surface area contributed by atoms with Gasteiger partial charge in [-0.05, 0) is 89.7 Å². The van der Waals surface area contributed by atoms with Gasteiger partial charge in [0.05, 0.1) is 0 Å². The van der Waals surface area contributed by atoms with Crippen molar-refractivity contribution in [2.75, 3.05) is 5.32 Å². The molecule has 1 aromatic heterocycles. The van der Waals surface area contributed by atoms with E-state index in [4.69, 9.17) is 4.42 Å². The SMILES string of the molecule is Cc1ccc2nc(-c3ccc(NC(=O)c4cccc(I)c4)cc3)oc2c1. The summed E-state index contributed by atoms with van der Waals surface area (Å²) >= 11 is 2.19. The Morgan fingerprint density at radius 1 is 1.04 bits per heavy atom. The number of oxazole rings is 1. The zero-order valence-corrected chi connectivity index (χ0v) is 16.2. The van der Waals surface area contributed by atoms with Crippen molar-refractivity contribution in [3.05, 3.63) is 81.4 Å². The van der Waals surface area contributed by atoms with E-state index in [9.17, 15) is 4.79 Å². The van der Waals surface area contributed by atoms with Crippen molar-refractivity contribution in [2.24, 2.45) is 0 Å². The Hall–Kier alpha value is -2.67. The first-order chi connectivity index (χ1) is 12.6. The topological polar surface area (TPSA) is 55.1 Å². The summed E-state index contributed by atoms with van der Waals surface area (Å²) in [5.74, 6) is 0.440. The molecule has 26 heavy (non-hydrogen) atoms. The number of halogens is 1. The minimum Gasteiger partial charge on any atom is -0.436 e. The highest BCUT2D eigenvalue weighted by atomic mass is 127. The number of rotatable bonds is 3. The molecule has 3 aromatic carbocycles. The number of fused-ring (bicyclic) bond motifs is 1. The van der Waals surface area contributed by atoms with E-state index >= 15 is 0 Å². The molecule has 0 saturated heterocycles. The van der Waals surface area contributed by atoms with Crippen LogP contribution in [0, 0.1) is 10.5 Å². The second-order valence-electron chi connectivity index (χ2n) is 6.03. The maximum absolute atomic E-state index is 12.3. The summed E-state index contributed by atoms with van der Waals surface area (Å²) in [7, 11) is 0. The number of amides is 1. The van der Waals surface area contributed by atoms with Gasteiger partial charge < -0.3 is 9.73 Å².